The van der Waals surface area contributed by atoms with E-state index in [0.29, 0.717) is 18.9 Å². The summed E-state index contributed by atoms with van der Waals surface area (Å²) < 4.78 is 5.36. The molecule has 5 nitrogen and oxygen atoms in total. The lowest BCUT2D eigenvalue weighted by atomic mass is 9.66. The van der Waals surface area contributed by atoms with Crippen molar-refractivity contribution in [1.82, 2.24) is 0 Å². The molecule has 0 heterocycles. The number of carboxylic acid groups (broad SMARTS) is 1. The molecule has 1 aliphatic rings. The van der Waals surface area contributed by atoms with Gasteiger partial charge in [-0.05, 0) is 50.5 Å². The minimum Gasteiger partial charge on any atom is -0.478 e. The Labute approximate surface area is 124 Å². The Hall–Kier alpha value is -1.88. The molecular formula is C16H21NO4. The van der Waals surface area contributed by atoms with Crippen molar-refractivity contribution in [2.45, 2.75) is 32.6 Å². The van der Waals surface area contributed by atoms with Gasteiger partial charge in [0.15, 0.2) is 0 Å². The first-order chi connectivity index (χ1) is 10.1. The third-order valence-electron chi connectivity index (χ3n) is 4.11. The molecular weight excluding hydrogens is 270 g/mol. The average molecular weight is 291 g/mol. The second kappa shape index (κ2) is 6.72. The Morgan fingerprint density at radius 2 is 1.95 bits per heavy atom. The van der Waals surface area contributed by atoms with Crippen molar-refractivity contribution in [3.05, 3.63) is 29.8 Å². The van der Waals surface area contributed by atoms with Crippen molar-refractivity contribution in [1.29, 1.82) is 0 Å². The molecule has 1 saturated carbocycles. The van der Waals surface area contributed by atoms with Gasteiger partial charge in [0.25, 0.3) is 0 Å². The zero-order valence-electron chi connectivity index (χ0n) is 12.2. The molecule has 21 heavy (non-hydrogen) atoms. The van der Waals surface area contributed by atoms with Crippen LogP contribution in [0.2, 0.25) is 0 Å². The normalized spacial score (nSPS) is 16.0. The average Bonchev–Trinajstić information content (AvgIpc) is 2.42. The molecule has 0 bridgehead atoms. The molecule has 0 saturated heterocycles. The van der Waals surface area contributed by atoms with E-state index in [0.717, 1.165) is 25.7 Å². The number of aromatic carboxylic acids is 1. The Bertz CT molecular complexity index is 506. The van der Waals surface area contributed by atoms with Crippen molar-refractivity contribution in [2.24, 2.45) is 5.41 Å². The fourth-order valence-electron chi connectivity index (χ4n) is 2.57. The first-order valence-electron chi connectivity index (χ1n) is 7.30. The van der Waals surface area contributed by atoms with Crippen LogP contribution >= 0.6 is 0 Å². The summed E-state index contributed by atoms with van der Waals surface area (Å²) in [6.45, 7) is 3.20. The summed E-state index contributed by atoms with van der Waals surface area (Å²) >= 11 is 0. The van der Waals surface area contributed by atoms with E-state index < -0.39 is 5.97 Å². The van der Waals surface area contributed by atoms with Gasteiger partial charge in [-0.3, -0.25) is 4.79 Å². The van der Waals surface area contributed by atoms with Crippen LogP contribution in [0, 0.1) is 5.41 Å². The predicted octanol–water partition coefficient (Wildman–Crippen LogP) is 2.92. The number of anilines is 1. The van der Waals surface area contributed by atoms with Crippen LogP contribution in [0.1, 0.15) is 43.0 Å². The lowest BCUT2D eigenvalue weighted by Crippen LogP contribution is -2.42. The maximum absolute atomic E-state index is 12.4. The summed E-state index contributed by atoms with van der Waals surface area (Å²) in [5.41, 5.74) is 0.524. The van der Waals surface area contributed by atoms with E-state index >= 15 is 0 Å². The number of nitrogens with one attached hydrogen (secondary N) is 1. The summed E-state index contributed by atoms with van der Waals surface area (Å²) in [5.74, 6) is -0.961. The molecule has 0 atom stereocenters. The topological polar surface area (TPSA) is 75.6 Å². The number of ether oxygens (including phenoxy) is 1. The number of hydrogen-bond donors (Lipinski definition) is 2. The van der Waals surface area contributed by atoms with Crippen LogP contribution in [-0.2, 0) is 9.53 Å². The van der Waals surface area contributed by atoms with E-state index in [1.54, 1.807) is 12.1 Å². The Morgan fingerprint density at radius 1 is 1.29 bits per heavy atom. The quantitative estimate of drug-likeness (QED) is 0.757. The zero-order chi connectivity index (χ0) is 15.3. The zero-order valence-corrected chi connectivity index (χ0v) is 12.2. The molecule has 114 valence electrons. The summed E-state index contributed by atoms with van der Waals surface area (Å²) in [6.07, 6.45) is 3.58. The largest absolute Gasteiger partial charge is 0.478 e. The van der Waals surface area contributed by atoms with Gasteiger partial charge in [0.2, 0.25) is 5.91 Å². The molecule has 2 rings (SSSR count). The highest BCUT2D eigenvalue weighted by molar-refractivity contribution is 5.96. The Kier molecular flexibility index (Phi) is 4.96. The van der Waals surface area contributed by atoms with Crippen LogP contribution in [0.5, 0.6) is 0 Å². The molecule has 1 aromatic rings. The van der Waals surface area contributed by atoms with E-state index in [1.165, 1.54) is 12.1 Å². The Morgan fingerprint density at radius 3 is 2.43 bits per heavy atom. The molecule has 0 aromatic heterocycles. The van der Waals surface area contributed by atoms with E-state index in [9.17, 15) is 9.59 Å². The number of benzene rings is 1. The van der Waals surface area contributed by atoms with Gasteiger partial charge in [0.1, 0.15) is 0 Å². The summed E-state index contributed by atoms with van der Waals surface area (Å²) in [7, 11) is 0. The first kappa shape index (κ1) is 15.5. The Balaban J connectivity index is 1.97. The molecule has 0 aliphatic heterocycles. The second-order valence-corrected chi connectivity index (χ2v) is 5.42. The molecule has 0 spiro atoms. The maximum Gasteiger partial charge on any atom is 0.335 e. The molecule has 0 radical (unpaired) electrons. The van der Waals surface area contributed by atoms with Gasteiger partial charge >= 0.3 is 5.97 Å². The summed E-state index contributed by atoms with van der Waals surface area (Å²) in [4.78, 5) is 23.2. The number of carbonyl (C=O) groups is 2. The monoisotopic (exact) mass is 291 g/mol. The fourth-order valence-corrected chi connectivity index (χ4v) is 2.57. The summed E-state index contributed by atoms with van der Waals surface area (Å²) in [5, 5.41) is 11.7. The highest BCUT2D eigenvalue weighted by Gasteiger charge is 2.43. The molecule has 1 aliphatic carbocycles. The van der Waals surface area contributed by atoms with Gasteiger partial charge in [-0.1, -0.05) is 6.42 Å². The minimum atomic E-state index is -0.972. The molecule has 0 unspecified atom stereocenters. The van der Waals surface area contributed by atoms with E-state index in [-0.39, 0.29) is 16.9 Å². The lowest BCUT2D eigenvalue weighted by Gasteiger charge is -2.40. The number of amides is 1. The van der Waals surface area contributed by atoms with Crippen molar-refractivity contribution in [2.75, 3.05) is 18.5 Å². The van der Waals surface area contributed by atoms with Gasteiger partial charge in [-0.15, -0.1) is 0 Å². The summed E-state index contributed by atoms with van der Waals surface area (Å²) in [6, 6.07) is 6.23. The van der Waals surface area contributed by atoms with Crippen LogP contribution in [-0.4, -0.2) is 30.2 Å². The van der Waals surface area contributed by atoms with Crippen LogP contribution in [0.4, 0.5) is 5.69 Å². The number of rotatable bonds is 7. The second-order valence-electron chi connectivity index (χ2n) is 5.42. The third kappa shape index (κ3) is 3.61. The van der Waals surface area contributed by atoms with E-state index in [2.05, 4.69) is 5.32 Å². The molecule has 1 amide bonds. The van der Waals surface area contributed by atoms with Gasteiger partial charge in [-0.2, -0.15) is 0 Å². The molecule has 2 N–H and O–H groups in total. The standard InChI is InChI=1S/C16H21NO4/c1-2-21-11-10-16(8-3-9-16)15(20)17-13-6-4-12(5-7-13)14(18)19/h4-7H,2-3,8-11H2,1H3,(H,17,20)(H,18,19). The van der Waals surface area contributed by atoms with Gasteiger partial charge in [-0.25, -0.2) is 4.79 Å². The van der Waals surface area contributed by atoms with E-state index in [4.69, 9.17) is 9.84 Å². The van der Waals surface area contributed by atoms with Crippen LogP contribution in [0.3, 0.4) is 0 Å². The highest BCUT2D eigenvalue weighted by atomic mass is 16.5. The lowest BCUT2D eigenvalue weighted by molar-refractivity contribution is -0.132. The number of carboxylic acids is 1. The van der Waals surface area contributed by atoms with Crippen LogP contribution in [0.25, 0.3) is 0 Å². The molecule has 1 aromatic carbocycles. The van der Waals surface area contributed by atoms with Crippen molar-refractivity contribution in [3.8, 4) is 0 Å². The molecule has 1 fully saturated rings. The van der Waals surface area contributed by atoms with Crippen molar-refractivity contribution in [3.63, 3.8) is 0 Å². The van der Waals surface area contributed by atoms with Gasteiger partial charge in [0, 0.05) is 18.9 Å². The van der Waals surface area contributed by atoms with E-state index in [1.807, 2.05) is 6.92 Å². The van der Waals surface area contributed by atoms with Crippen molar-refractivity contribution < 1.29 is 19.4 Å². The number of carbonyl (C=O) groups excluding carboxylic acids is 1. The fraction of sp³-hybridized carbons (Fsp3) is 0.500. The number of hydrogen-bond acceptors (Lipinski definition) is 3. The first-order valence-corrected chi connectivity index (χ1v) is 7.30. The minimum absolute atomic E-state index is 0.0107. The van der Waals surface area contributed by atoms with Crippen molar-refractivity contribution >= 4 is 17.6 Å². The maximum atomic E-state index is 12.4. The van der Waals surface area contributed by atoms with Crippen LogP contribution < -0.4 is 5.32 Å². The molecule has 5 heteroatoms. The smallest absolute Gasteiger partial charge is 0.335 e. The highest BCUT2D eigenvalue weighted by Crippen LogP contribution is 2.44. The van der Waals surface area contributed by atoms with Gasteiger partial charge < -0.3 is 15.2 Å². The third-order valence-corrected chi connectivity index (χ3v) is 4.11. The van der Waals surface area contributed by atoms with Crippen LogP contribution in [0.15, 0.2) is 24.3 Å². The predicted molar refractivity (Wildman–Crippen MR) is 79.4 cm³/mol. The SMILES string of the molecule is CCOCCC1(C(=O)Nc2ccc(C(=O)O)cc2)CCC1. The van der Waals surface area contributed by atoms with Gasteiger partial charge in [0.05, 0.1) is 11.0 Å².